The number of hydrogen-bond donors (Lipinski definition) is 0. The molecule has 2 unspecified atom stereocenters. The van der Waals surface area contributed by atoms with Crippen LogP contribution in [0, 0.1) is 0 Å². The zero-order chi connectivity index (χ0) is 12.5. The van der Waals surface area contributed by atoms with Crippen LogP contribution >= 0.6 is 0 Å². The summed E-state index contributed by atoms with van der Waals surface area (Å²) < 4.78 is 0.923. The van der Waals surface area contributed by atoms with E-state index in [4.69, 9.17) is 0 Å². The Hall–Kier alpha value is -0.157. The predicted molar refractivity (Wildman–Crippen MR) is 71.8 cm³/mol. The minimum absolute atomic E-state index is 0.461. The molecular formula is C16H22Zr. The third-order valence-electron chi connectivity index (χ3n) is 4.42. The molecule has 0 aromatic carbocycles. The fourth-order valence-corrected chi connectivity index (χ4v) is 8.01. The van der Waals surface area contributed by atoms with E-state index in [0.717, 1.165) is 0 Å². The molecule has 0 nitrogen and oxygen atoms in total. The van der Waals surface area contributed by atoms with Gasteiger partial charge in [0.2, 0.25) is 0 Å². The Morgan fingerprint density at radius 3 is 1.53 bits per heavy atom. The van der Waals surface area contributed by atoms with E-state index < -0.39 is 23.2 Å². The van der Waals surface area contributed by atoms with Crippen LogP contribution in [0.2, 0.25) is 6.25 Å². The summed E-state index contributed by atoms with van der Waals surface area (Å²) in [6.07, 6.45) is 16.7. The molecule has 90 valence electrons. The quantitative estimate of drug-likeness (QED) is 0.666. The Bertz CT molecular complexity index is 385. The van der Waals surface area contributed by atoms with Crippen molar-refractivity contribution in [3.05, 3.63) is 47.6 Å². The van der Waals surface area contributed by atoms with Gasteiger partial charge in [-0.15, -0.1) is 0 Å². The van der Waals surface area contributed by atoms with Gasteiger partial charge in [-0.2, -0.15) is 0 Å². The SMILES string of the molecule is CC[C]1([Zr][C]2(CC)C=CC=C2C)C=CC=C1C. The zero-order valence-corrected chi connectivity index (χ0v) is 13.8. The van der Waals surface area contributed by atoms with Gasteiger partial charge >= 0.3 is 118 Å². The summed E-state index contributed by atoms with van der Waals surface area (Å²) >= 11 is -0.586. The molecule has 0 saturated heterocycles. The summed E-state index contributed by atoms with van der Waals surface area (Å²) in [7, 11) is 0. The zero-order valence-electron chi connectivity index (χ0n) is 11.4. The van der Waals surface area contributed by atoms with Crippen molar-refractivity contribution in [1.29, 1.82) is 0 Å². The Balaban J connectivity index is 2.31. The van der Waals surface area contributed by atoms with Crippen molar-refractivity contribution in [3.63, 3.8) is 0 Å². The molecule has 1 heteroatoms. The van der Waals surface area contributed by atoms with E-state index in [0.29, 0.717) is 6.25 Å². The Morgan fingerprint density at radius 2 is 1.29 bits per heavy atom. The topological polar surface area (TPSA) is 0 Å². The maximum absolute atomic E-state index is 2.49. The van der Waals surface area contributed by atoms with Crippen LogP contribution in [0.4, 0.5) is 0 Å². The van der Waals surface area contributed by atoms with Gasteiger partial charge in [0.05, 0.1) is 0 Å². The van der Waals surface area contributed by atoms with Gasteiger partial charge in [0.15, 0.2) is 0 Å². The van der Waals surface area contributed by atoms with Gasteiger partial charge in [-0.1, -0.05) is 0 Å². The molecule has 0 amide bonds. The van der Waals surface area contributed by atoms with E-state index in [2.05, 4.69) is 64.2 Å². The second kappa shape index (κ2) is 4.84. The summed E-state index contributed by atoms with van der Waals surface area (Å²) in [4.78, 5) is 0. The Kier molecular flexibility index (Phi) is 3.78. The van der Waals surface area contributed by atoms with Crippen LogP contribution in [-0.2, 0) is 23.2 Å². The fraction of sp³-hybridized carbons (Fsp3) is 0.500. The summed E-state index contributed by atoms with van der Waals surface area (Å²) in [6, 6.07) is 0. The summed E-state index contributed by atoms with van der Waals surface area (Å²) in [5.41, 5.74) is 3.21. The van der Waals surface area contributed by atoms with Gasteiger partial charge in [0.25, 0.3) is 0 Å². The first-order valence-electron chi connectivity index (χ1n) is 6.61. The van der Waals surface area contributed by atoms with Crippen molar-refractivity contribution >= 4 is 0 Å². The summed E-state index contributed by atoms with van der Waals surface area (Å²) in [6.45, 7) is 9.36. The van der Waals surface area contributed by atoms with Gasteiger partial charge < -0.3 is 0 Å². The number of rotatable bonds is 4. The molecule has 0 radical (unpaired) electrons. The maximum atomic E-state index is 2.49. The Labute approximate surface area is 117 Å². The molecule has 0 N–H and O–H groups in total. The van der Waals surface area contributed by atoms with Crippen molar-refractivity contribution in [2.45, 2.75) is 46.8 Å². The molecule has 2 aliphatic rings. The third-order valence-corrected chi connectivity index (χ3v) is 11.1. The molecule has 0 spiro atoms. The van der Waals surface area contributed by atoms with Crippen molar-refractivity contribution in [2.24, 2.45) is 0 Å². The van der Waals surface area contributed by atoms with Crippen molar-refractivity contribution in [2.75, 3.05) is 0 Å². The summed E-state index contributed by atoms with van der Waals surface area (Å²) in [5.74, 6) is 0. The molecule has 0 saturated carbocycles. The van der Waals surface area contributed by atoms with Gasteiger partial charge in [0.1, 0.15) is 0 Å². The van der Waals surface area contributed by atoms with Crippen LogP contribution in [0.15, 0.2) is 47.6 Å². The predicted octanol–water partition coefficient (Wildman–Crippen LogP) is 5.24. The van der Waals surface area contributed by atoms with Crippen molar-refractivity contribution < 1.29 is 23.2 Å². The molecule has 0 aromatic rings. The van der Waals surface area contributed by atoms with Gasteiger partial charge in [0, 0.05) is 0 Å². The van der Waals surface area contributed by atoms with E-state index in [1.165, 1.54) is 12.8 Å². The minimum atomic E-state index is -0.586. The second-order valence-corrected chi connectivity index (χ2v) is 10.2. The molecule has 2 atom stereocenters. The van der Waals surface area contributed by atoms with E-state index in [-0.39, 0.29) is 0 Å². The van der Waals surface area contributed by atoms with E-state index >= 15 is 0 Å². The molecule has 0 bridgehead atoms. The van der Waals surface area contributed by atoms with E-state index in [1.54, 1.807) is 11.1 Å². The third kappa shape index (κ3) is 2.12. The van der Waals surface area contributed by atoms with Gasteiger partial charge in [-0.3, -0.25) is 0 Å². The molecule has 2 rings (SSSR count). The first-order valence-corrected chi connectivity index (χ1v) is 9.07. The van der Waals surface area contributed by atoms with Crippen LogP contribution in [0.5, 0.6) is 0 Å². The van der Waals surface area contributed by atoms with Gasteiger partial charge in [-0.05, 0) is 0 Å². The fourth-order valence-electron chi connectivity index (χ4n) is 2.92. The molecule has 0 heterocycles. The summed E-state index contributed by atoms with van der Waals surface area (Å²) in [5, 5.41) is 0. The molecular weight excluding hydrogens is 283 g/mol. The molecule has 2 aliphatic carbocycles. The standard InChI is InChI=1S/2C8H11.Zr/c2*1-3-8-6-4-5-7(8)2;/h2*4-6H,3H2,1-2H3;. The Morgan fingerprint density at radius 1 is 0.882 bits per heavy atom. The average Bonchev–Trinajstić information content (AvgIpc) is 2.86. The second-order valence-electron chi connectivity index (χ2n) is 5.19. The molecule has 0 aromatic heterocycles. The van der Waals surface area contributed by atoms with Crippen molar-refractivity contribution in [3.8, 4) is 0 Å². The van der Waals surface area contributed by atoms with Gasteiger partial charge in [-0.25, -0.2) is 0 Å². The van der Waals surface area contributed by atoms with Crippen LogP contribution in [-0.4, -0.2) is 0 Å². The average molecular weight is 306 g/mol. The number of allylic oxidation sites excluding steroid dienone is 8. The van der Waals surface area contributed by atoms with Crippen LogP contribution in [0.25, 0.3) is 0 Å². The van der Waals surface area contributed by atoms with Crippen molar-refractivity contribution in [1.82, 2.24) is 0 Å². The normalized spacial score (nSPS) is 35.1. The molecule has 0 fully saturated rings. The van der Waals surface area contributed by atoms with E-state index in [9.17, 15) is 0 Å². The number of hydrogen-bond acceptors (Lipinski definition) is 0. The van der Waals surface area contributed by atoms with Crippen LogP contribution in [0.3, 0.4) is 0 Å². The first kappa shape index (κ1) is 13.3. The van der Waals surface area contributed by atoms with Crippen LogP contribution < -0.4 is 0 Å². The van der Waals surface area contributed by atoms with E-state index in [1.807, 2.05) is 0 Å². The molecule has 0 aliphatic heterocycles. The first-order chi connectivity index (χ1) is 8.08. The molecule has 17 heavy (non-hydrogen) atoms. The monoisotopic (exact) mass is 304 g/mol. The van der Waals surface area contributed by atoms with Crippen LogP contribution in [0.1, 0.15) is 40.5 Å².